The van der Waals surface area contributed by atoms with Crippen LogP contribution < -0.4 is 10.6 Å². The average Bonchev–Trinajstić information content (AvgIpc) is 2.44. The van der Waals surface area contributed by atoms with E-state index in [1.54, 1.807) is 0 Å². The predicted molar refractivity (Wildman–Crippen MR) is 71.7 cm³/mol. The van der Waals surface area contributed by atoms with Crippen molar-refractivity contribution < 1.29 is 40.8 Å². The molecule has 0 bridgehead atoms. The summed E-state index contributed by atoms with van der Waals surface area (Å²) in [4.78, 5) is 20.9. The van der Waals surface area contributed by atoms with Crippen LogP contribution in [-0.4, -0.2) is 35.6 Å². The number of alkyl halides is 6. The van der Waals surface area contributed by atoms with Crippen molar-refractivity contribution in [1.29, 1.82) is 0 Å². The highest BCUT2D eigenvalue weighted by Crippen LogP contribution is 2.44. The van der Waals surface area contributed by atoms with Crippen LogP contribution >= 0.6 is 0 Å². The fraction of sp³-hybridized carbons (Fsp3) is 0.417. The van der Waals surface area contributed by atoms with Crippen LogP contribution in [0.3, 0.4) is 0 Å². The van der Waals surface area contributed by atoms with Gasteiger partial charge in [-0.1, -0.05) is 12.1 Å². The van der Waals surface area contributed by atoms with Gasteiger partial charge in [-0.3, -0.25) is 15.4 Å². The minimum Gasteiger partial charge on any atom is -0.450 e. The number of carbonyl (C=O) groups is 1. The van der Waals surface area contributed by atoms with Gasteiger partial charge >= 0.3 is 24.1 Å². The molecule has 0 aromatic heterocycles. The van der Waals surface area contributed by atoms with E-state index >= 15 is 0 Å². The van der Waals surface area contributed by atoms with Crippen molar-refractivity contribution >= 4 is 17.5 Å². The number of halogens is 6. The summed E-state index contributed by atoms with van der Waals surface area (Å²) in [5.41, 5.74) is -7.15. The Kier molecular flexibility index (Phi) is 5.71. The van der Waals surface area contributed by atoms with Crippen molar-refractivity contribution in [3.63, 3.8) is 0 Å². The molecule has 1 rings (SSSR count). The molecule has 0 unspecified atom stereocenters. The lowest BCUT2D eigenvalue weighted by Crippen LogP contribution is -2.72. The number of nitro groups is 1. The first-order valence-electron chi connectivity index (χ1n) is 6.45. The average molecular weight is 375 g/mol. The zero-order valence-electron chi connectivity index (χ0n) is 12.4. The molecule has 0 heterocycles. The van der Waals surface area contributed by atoms with Crippen molar-refractivity contribution in [2.75, 3.05) is 11.9 Å². The van der Waals surface area contributed by atoms with E-state index in [1.165, 1.54) is 0 Å². The van der Waals surface area contributed by atoms with E-state index in [9.17, 15) is 41.3 Å². The van der Waals surface area contributed by atoms with Gasteiger partial charge in [-0.2, -0.15) is 26.3 Å². The Labute approximate surface area is 136 Å². The molecule has 0 atom stereocenters. The zero-order chi connectivity index (χ0) is 19.5. The van der Waals surface area contributed by atoms with Crippen LogP contribution in [0.2, 0.25) is 0 Å². The Morgan fingerprint density at radius 2 is 1.68 bits per heavy atom. The lowest BCUT2D eigenvalue weighted by Gasteiger charge is -2.38. The van der Waals surface area contributed by atoms with Crippen molar-refractivity contribution in [3.8, 4) is 0 Å². The molecule has 0 aliphatic heterocycles. The van der Waals surface area contributed by atoms with Crippen LogP contribution in [0, 0.1) is 10.1 Å². The van der Waals surface area contributed by atoms with E-state index in [0.29, 0.717) is 17.4 Å². The maximum atomic E-state index is 13.3. The molecule has 1 amide bonds. The number of nitrogens with zero attached hydrogens (tertiary/aromatic N) is 1. The number of hydrogen-bond donors (Lipinski definition) is 2. The van der Waals surface area contributed by atoms with Crippen molar-refractivity contribution in [2.24, 2.45) is 0 Å². The topological polar surface area (TPSA) is 93.5 Å². The summed E-state index contributed by atoms with van der Waals surface area (Å²) in [5.74, 6) is 0. The second-order valence-corrected chi connectivity index (χ2v) is 4.49. The maximum absolute atomic E-state index is 13.3. The Morgan fingerprint density at radius 3 is 2.12 bits per heavy atom. The van der Waals surface area contributed by atoms with Gasteiger partial charge in [0, 0.05) is 6.07 Å². The number of para-hydroxylation sites is 2. The molecule has 25 heavy (non-hydrogen) atoms. The van der Waals surface area contributed by atoms with Crippen LogP contribution in [0.4, 0.5) is 42.5 Å². The van der Waals surface area contributed by atoms with Crippen LogP contribution in [0.15, 0.2) is 24.3 Å². The Hall–Kier alpha value is -2.73. The summed E-state index contributed by atoms with van der Waals surface area (Å²) in [6.45, 7) is 0.668. The molecule has 1 aromatic rings. The number of ether oxygens (including phenoxy) is 1. The van der Waals surface area contributed by atoms with Gasteiger partial charge in [0.2, 0.25) is 0 Å². The second-order valence-electron chi connectivity index (χ2n) is 4.49. The fourth-order valence-electron chi connectivity index (χ4n) is 1.74. The third-order valence-corrected chi connectivity index (χ3v) is 2.84. The minimum atomic E-state index is -6.11. The molecule has 7 nitrogen and oxygen atoms in total. The van der Waals surface area contributed by atoms with Gasteiger partial charge in [0.25, 0.3) is 5.69 Å². The second kappa shape index (κ2) is 7.03. The number of anilines is 1. The monoisotopic (exact) mass is 375 g/mol. The molecule has 0 saturated carbocycles. The van der Waals surface area contributed by atoms with Gasteiger partial charge in [-0.05, 0) is 13.0 Å². The molecule has 0 spiro atoms. The zero-order valence-corrected chi connectivity index (χ0v) is 12.4. The van der Waals surface area contributed by atoms with Crippen LogP contribution in [-0.2, 0) is 4.74 Å². The number of carbonyl (C=O) groups excluding carboxylic acids is 1. The molecule has 140 valence electrons. The van der Waals surface area contributed by atoms with Crippen molar-refractivity contribution in [1.82, 2.24) is 5.32 Å². The Bertz CT molecular complexity index is 632. The van der Waals surface area contributed by atoms with E-state index in [-0.39, 0.29) is 0 Å². The summed E-state index contributed by atoms with van der Waals surface area (Å²) >= 11 is 0. The van der Waals surface area contributed by atoms with E-state index in [4.69, 9.17) is 0 Å². The summed E-state index contributed by atoms with van der Waals surface area (Å²) in [5, 5.41) is 12.5. The lowest BCUT2D eigenvalue weighted by atomic mass is 10.1. The third kappa shape index (κ3) is 4.22. The molecule has 0 radical (unpaired) electrons. The van der Waals surface area contributed by atoms with Gasteiger partial charge in [-0.15, -0.1) is 0 Å². The number of rotatable bonds is 5. The van der Waals surface area contributed by atoms with Crippen LogP contribution in [0.5, 0.6) is 0 Å². The molecule has 0 saturated heterocycles. The lowest BCUT2D eigenvalue weighted by molar-refractivity contribution is -0.384. The Morgan fingerprint density at radius 1 is 1.16 bits per heavy atom. The summed E-state index contributed by atoms with van der Waals surface area (Å²) in [6.07, 6.45) is -14.2. The SMILES string of the molecule is CCOC(=O)NC(Nc1ccccc1[N+](=O)[O-])(C(F)(F)F)C(F)(F)F. The molecule has 0 fully saturated rings. The number of amides is 1. The molecular weight excluding hydrogens is 364 g/mol. The molecule has 0 aliphatic rings. The van der Waals surface area contributed by atoms with Crippen molar-refractivity contribution in [2.45, 2.75) is 24.9 Å². The smallest absolute Gasteiger partial charge is 0.439 e. The number of nitrogens with one attached hydrogen (secondary N) is 2. The van der Waals surface area contributed by atoms with Crippen LogP contribution in [0.25, 0.3) is 0 Å². The van der Waals surface area contributed by atoms with E-state index < -0.39 is 47.0 Å². The highest BCUT2D eigenvalue weighted by molar-refractivity contribution is 5.71. The number of benzene rings is 1. The molecule has 1 aromatic carbocycles. The quantitative estimate of drug-likeness (QED) is 0.355. The maximum Gasteiger partial charge on any atom is 0.439 e. The Balaban J connectivity index is 3.51. The minimum absolute atomic E-state index is 0.497. The predicted octanol–water partition coefficient (Wildman–Crippen LogP) is 3.57. The van der Waals surface area contributed by atoms with Crippen LogP contribution in [0.1, 0.15) is 6.92 Å². The van der Waals surface area contributed by atoms with Gasteiger partial charge in [-0.25, -0.2) is 4.79 Å². The first kappa shape index (κ1) is 20.3. The normalized spacial score (nSPS) is 12.4. The standard InChI is InChI=1S/C12H11F6N3O4/c1-2-25-9(22)20-10(11(13,14)15,12(16,17)18)19-7-5-3-4-6-8(7)21(23)24/h3-6,19H,2H2,1H3,(H,20,22). The molecule has 2 N–H and O–H groups in total. The first-order valence-corrected chi connectivity index (χ1v) is 6.45. The van der Waals surface area contributed by atoms with E-state index in [1.807, 2.05) is 0 Å². The van der Waals surface area contributed by atoms with Gasteiger partial charge in [0.05, 0.1) is 11.5 Å². The van der Waals surface area contributed by atoms with E-state index in [0.717, 1.165) is 24.4 Å². The number of hydrogen-bond acceptors (Lipinski definition) is 5. The largest absolute Gasteiger partial charge is 0.450 e. The fourth-order valence-corrected chi connectivity index (χ4v) is 1.74. The van der Waals surface area contributed by atoms with Crippen molar-refractivity contribution in [3.05, 3.63) is 34.4 Å². The summed E-state index contributed by atoms with van der Waals surface area (Å²) in [6, 6.07) is 3.36. The third-order valence-electron chi connectivity index (χ3n) is 2.84. The number of alkyl carbamates (subject to hydrolysis) is 1. The molecule has 13 heteroatoms. The summed E-state index contributed by atoms with van der Waals surface area (Å²) in [7, 11) is 0. The number of nitro benzene ring substituents is 1. The van der Waals surface area contributed by atoms with Gasteiger partial charge in [0.1, 0.15) is 5.69 Å². The molecular formula is C12H11F6N3O4. The van der Waals surface area contributed by atoms with Gasteiger partial charge in [0.15, 0.2) is 0 Å². The molecule has 0 aliphatic carbocycles. The summed E-state index contributed by atoms with van der Waals surface area (Å²) < 4.78 is 83.7. The first-order chi connectivity index (χ1) is 11.4. The van der Waals surface area contributed by atoms with E-state index in [2.05, 4.69) is 4.74 Å². The van der Waals surface area contributed by atoms with Gasteiger partial charge < -0.3 is 10.1 Å². The highest BCUT2D eigenvalue weighted by atomic mass is 19.4. The highest BCUT2D eigenvalue weighted by Gasteiger charge is 2.73.